The smallest absolute Gasteiger partial charge is 0.269 e. The van der Waals surface area contributed by atoms with Gasteiger partial charge in [0.1, 0.15) is 0 Å². The average Bonchev–Trinajstić information content (AvgIpc) is 2.24. The Kier molecular flexibility index (Phi) is 2.89. The van der Waals surface area contributed by atoms with Crippen molar-refractivity contribution in [3.05, 3.63) is 39.9 Å². The summed E-state index contributed by atoms with van der Waals surface area (Å²) in [6.45, 7) is 3.78. The number of nitro groups is 1. The Bertz CT molecular complexity index is 402. The number of non-ortho nitro benzene ring substituents is 1. The maximum Gasteiger partial charge on any atom is 0.269 e. The summed E-state index contributed by atoms with van der Waals surface area (Å²) in [4.78, 5) is 12.5. The first-order valence-electron chi connectivity index (χ1n) is 5.32. The quantitative estimate of drug-likeness (QED) is 0.616. The molecule has 1 heterocycles. The van der Waals surface area contributed by atoms with Crippen molar-refractivity contribution in [3.8, 4) is 0 Å². The third-order valence-corrected chi connectivity index (χ3v) is 3.05. The maximum absolute atomic E-state index is 10.7. The molecule has 0 aromatic heterocycles. The lowest BCUT2D eigenvalue weighted by Gasteiger charge is -2.41. The van der Waals surface area contributed by atoms with Crippen LogP contribution in [0.1, 0.15) is 18.5 Å². The number of nitro benzene ring substituents is 1. The maximum atomic E-state index is 10.7. The molecule has 16 heavy (non-hydrogen) atoms. The van der Waals surface area contributed by atoms with Gasteiger partial charge in [-0.2, -0.15) is 0 Å². The van der Waals surface area contributed by atoms with Crippen molar-refractivity contribution in [2.75, 3.05) is 13.1 Å². The largest absolute Gasteiger partial charge is 0.325 e. The van der Waals surface area contributed by atoms with Gasteiger partial charge in [-0.1, -0.05) is 12.1 Å². The van der Waals surface area contributed by atoms with Gasteiger partial charge in [-0.3, -0.25) is 15.0 Å². The van der Waals surface area contributed by atoms with Gasteiger partial charge in [0.25, 0.3) is 5.69 Å². The van der Waals surface area contributed by atoms with Gasteiger partial charge in [-0.15, -0.1) is 0 Å². The zero-order chi connectivity index (χ0) is 11.7. The predicted molar refractivity (Wildman–Crippen MR) is 61.1 cm³/mol. The molecule has 0 aliphatic carbocycles. The second-order valence-corrected chi connectivity index (χ2v) is 4.24. The molecule has 2 N–H and O–H groups in total. The van der Waals surface area contributed by atoms with Crippen molar-refractivity contribution in [2.45, 2.75) is 19.0 Å². The molecular formula is C11H15N3O2. The van der Waals surface area contributed by atoms with Crippen LogP contribution in [0.4, 0.5) is 5.69 Å². The predicted octanol–water partition coefficient (Wildman–Crippen LogP) is 1.30. The molecule has 1 fully saturated rings. The number of nitrogens with zero attached hydrogens (tertiary/aromatic N) is 2. The molecule has 5 heteroatoms. The van der Waals surface area contributed by atoms with Gasteiger partial charge < -0.3 is 5.73 Å². The van der Waals surface area contributed by atoms with Gasteiger partial charge in [0.05, 0.1) is 4.92 Å². The summed E-state index contributed by atoms with van der Waals surface area (Å²) in [5.41, 5.74) is 6.83. The van der Waals surface area contributed by atoms with E-state index < -0.39 is 0 Å². The first-order chi connectivity index (χ1) is 7.58. The second-order valence-electron chi connectivity index (χ2n) is 4.24. The molecule has 0 saturated carbocycles. The lowest BCUT2D eigenvalue weighted by Crippen LogP contribution is -2.56. The molecule has 0 spiro atoms. The van der Waals surface area contributed by atoms with E-state index in [9.17, 15) is 10.1 Å². The number of rotatable bonds is 3. The normalized spacial score (nSPS) is 19.1. The van der Waals surface area contributed by atoms with Gasteiger partial charge in [-0.25, -0.2) is 0 Å². The first-order valence-corrected chi connectivity index (χ1v) is 5.32. The third-order valence-electron chi connectivity index (χ3n) is 3.05. The zero-order valence-corrected chi connectivity index (χ0v) is 9.17. The minimum Gasteiger partial charge on any atom is -0.325 e. The molecule has 2 rings (SSSR count). The van der Waals surface area contributed by atoms with E-state index in [0.29, 0.717) is 0 Å². The van der Waals surface area contributed by atoms with E-state index in [2.05, 4.69) is 4.90 Å². The monoisotopic (exact) mass is 221 g/mol. The van der Waals surface area contributed by atoms with Crippen LogP contribution in [0, 0.1) is 10.1 Å². The van der Waals surface area contributed by atoms with E-state index in [1.807, 2.05) is 13.0 Å². The first kappa shape index (κ1) is 11.0. The van der Waals surface area contributed by atoms with Crippen LogP contribution in [-0.2, 0) is 0 Å². The Morgan fingerprint density at radius 1 is 1.56 bits per heavy atom. The van der Waals surface area contributed by atoms with Crippen LogP contribution >= 0.6 is 0 Å². The van der Waals surface area contributed by atoms with Crippen LogP contribution in [0.5, 0.6) is 0 Å². The summed E-state index contributed by atoms with van der Waals surface area (Å²) >= 11 is 0. The summed E-state index contributed by atoms with van der Waals surface area (Å²) in [5.74, 6) is 0. The summed E-state index contributed by atoms with van der Waals surface area (Å²) in [6, 6.07) is 7.23. The van der Waals surface area contributed by atoms with Gasteiger partial charge in [0.15, 0.2) is 0 Å². The van der Waals surface area contributed by atoms with Crippen LogP contribution in [0.3, 0.4) is 0 Å². The van der Waals surface area contributed by atoms with Crippen LogP contribution in [0.25, 0.3) is 0 Å². The fourth-order valence-electron chi connectivity index (χ4n) is 1.97. The molecule has 86 valence electrons. The van der Waals surface area contributed by atoms with E-state index in [1.54, 1.807) is 12.1 Å². The lowest BCUT2D eigenvalue weighted by molar-refractivity contribution is -0.385. The van der Waals surface area contributed by atoms with E-state index >= 15 is 0 Å². The van der Waals surface area contributed by atoms with E-state index in [0.717, 1.165) is 18.7 Å². The number of hydrogen-bond donors (Lipinski definition) is 1. The van der Waals surface area contributed by atoms with Crippen molar-refractivity contribution in [2.24, 2.45) is 5.73 Å². The molecule has 1 unspecified atom stereocenters. The standard InChI is InChI=1S/C11H15N3O2/c1-8(13-6-10(12)7-13)9-3-2-4-11(5-9)14(15)16/h2-5,8,10H,6-7,12H2,1H3. The van der Waals surface area contributed by atoms with Crippen LogP contribution < -0.4 is 5.73 Å². The number of hydrogen-bond acceptors (Lipinski definition) is 4. The molecule has 1 atom stereocenters. The highest BCUT2D eigenvalue weighted by molar-refractivity contribution is 5.35. The van der Waals surface area contributed by atoms with E-state index in [4.69, 9.17) is 5.73 Å². The lowest BCUT2D eigenvalue weighted by atomic mass is 10.0. The Labute approximate surface area is 94.0 Å². The molecule has 1 saturated heterocycles. The van der Waals surface area contributed by atoms with Crippen molar-refractivity contribution in [1.82, 2.24) is 4.90 Å². The molecule has 0 radical (unpaired) electrons. The zero-order valence-electron chi connectivity index (χ0n) is 9.17. The van der Waals surface area contributed by atoms with E-state index in [-0.39, 0.29) is 22.7 Å². The second kappa shape index (κ2) is 4.19. The highest BCUT2D eigenvalue weighted by Gasteiger charge is 2.28. The Morgan fingerprint density at radius 3 is 2.81 bits per heavy atom. The Balaban J connectivity index is 2.14. The SMILES string of the molecule is CC(c1cccc([N+](=O)[O-])c1)N1CC(N)C1. The molecule has 1 aliphatic rings. The van der Waals surface area contributed by atoms with Crippen molar-refractivity contribution >= 4 is 5.69 Å². The van der Waals surface area contributed by atoms with Gasteiger partial charge in [0, 0.05) is 37.3 Å². The number of benzene rings is 1. The van der Waals surface area contributed by atoms with Crippen LogP contribution in [0.15, 0.2) is 24.3 Å². The molecule has 1 aromatic rings. The summed E-state index contributed by atoms with van der Waals surface area (Å²) in [6.07, 6.45) is 0. The Hall–Kier alpha value is -1.46. The third kappa shape index (κ3) is 2.05. The van der Waals surface area contributed by atoms with Crippen molar-refractivity contribution < 1.29 is 4.92 Å². The summed E-state index contributed by atoms with van der Waals surface area (Å²) in [7, 11) is 0. The molecule has 0 amide bonds. The molecule has 1 aliphatic heterocycles. The number of likely N-dealkylation sites (tertiary alicyclic amines) is 1. The molecule has 1 aromatic carbocycles. The highest BCUT2D eigenvalue weighted by atomic mass is 16.6. The molecule has 5 nitrogen and oxygen atoms in total. The van der Waals surface area contributed by atoms with Crippen molar-refractivity contribution in [3.63, 3.8) is 0 Å². The van der Waals surface area contributed by atoms with Crippen LogP contribution in [0.2, 0.25) is 0 Å². The topological polar surface area (TPSA) is 72.4 Å². The molecular weight excluding hydrogens is 206 g/mol. The van der Waals surface area contributed by atoms with Gasteiger partial charge in [-0.05, 0) is 12.5 Å². The van der Waals surface area contributed by atoms with E-state index in [1.165, 1.54) is 6.07 Å². The van der Waals surface area contributed by atoms with Crippen molar-refractivity contribution in [1.29, 1.82) is 0 Å². The fraction of sp³-hybridized carbons (Fsp3) is 0.455. The Morgan fingerprint density at radius 2 is 2.25 bits per heavy atom. The van der Waals surface area contributed by atoms with Gasteiger partial charge >= 0.3 is 0 Å². The summed E-state index contributed by atoms with van der Waals surface area (Å²) < 4.78 is 0. The minimum atomic E-state index is -0.363. The number of nitrogens with two attached hydrogens (primary N) is 1. The van der Waals surface area contributed by atoms with Crippen LogP contribution in [-0.4, -0.2) is 29.0 Å². The summed E-state index contributed by atoms with van der Waals surface area (Å²) in [5, 5.41) is 10.7. The fourth-order valence-corrected chi connectivity index (χ4v) is 1.97. The average molecular weight is 221 g/mol. The molecule has 0 bridgehead atoms. The minimum absolute atomic E-state index is 0.147. The highest BCUT2D eigenvalue weighted by Crippen LogP contribution is 2.26. The van der Waals surface area contributed by atoms with Gasteiger partial charge in [0.2, 0.25) is 0 Å².